The van der Waals surface area contributed by atoms with Gasteiger partial charge in [-0.3, -0.25) is 10.00 Å². The first-order valence-electron chi connectivity index (χ1n) is 7.84. The van der Waals surface area contributed by atoms with E-state index in [-0.39, 0.29) is 0 Å². The molecule has 0 saturated carbocycles. The van der Waals surface area contributed by atoms with E-state index in [2.05, 4.69) is 37.9 Å². The summed E-state index contributed by atoms with van der Waals surface area (Å²) in [4.78, 5) is 3.91. The highest BCUT2D eigenvalue weighted by Gasteiger charge is 2.38. The molecular formula is C16H22N4S. The minimum atomic E-state index is 0.581. The van der Waals surface area contributed by atoms with Gasteiger partial charge in [-0.1, -0.05) is 6.07 Å². The number of hydrogen-bond donors (Lipinski definition) is 2. The van der Waals surface area contributed by atoms with Crippen LogP contribution in [0, 0.1) is 5.41 Å². The lowest BCUT2D eigenvalue weighted by Gasteiger charge is -2.33. The van der Waals surface area contributed by atoms with Gasteiger partial charge in [-0.25, -0.2) is 0 Å². The van der Waals surface area contributed by atoms with Crippen molar-refractivity contribution in [3.05, 3.63) is 29.3 Å². The van der Waals surface area contributed by atoms with Crippen LogP contribution in [0.5, 0.6) is 0 Å². The van der Waals surface area contributed by atoms with E-state index in [0.717, 1.165) is 6.54 Å². The van der Waals surface area contributed by atoms with Crippen LogP contribution in [-0.2, 0) is 6.54 Å². The second-order valence-corrected chi connectivity index (χ2v) is 7.41. The van der Waals surface area contributed by atoms with Crippen molar-refractivity contribution in [2.75, 3.05) is 26.2 Å². The van der Waals surface area contributed by atoms with Gasteiger partial charge < -0.3 is 5.32 Å². The van der Waals surface area contributed by atoms with Gasteiger partial charge in [0.25, 0.3) is 0 Å². The van der Waals surface area contributed by atoms with Crippen LogP contribution in [0.3, 0.4) is 0 Å². The standard InChI is InChI=1S/C16H22N4S/c1-2-14(21-9-1)15-13(10-18-19-15)11-20-8-5-16(12-20)3-6-17-7-4-16/h1-2,9-10,17H,3-8,11-12H2,(H,18,19). The number of nitrogens with one attached hydrogen (secondary N) is 2. The molecule has 2 aromatic heterocycles. The highest BCUT2D eigenvalue weighted by molar-refractivity contribution is 7.13. The van der Waals surface area contributed by atoms with E-state index in [1.807, 2.05) is 6.20 Å². The summed E-state index contributed by atoms with van der Waals surface area (Å²) in [6.07, 6.45) is 6.04. The third-order valence-electron chi connectivity index (χ3n) is 5.06. The van der Waals surface area contributed by atoms with E-state index in [1.54, 1.807) is 11.3 Å². The van der Waals surface area contributed by atoms with Crippen LogP contribution in [0.4, 0.5) is 0 Å². The minimum absolute atomic E-state index is 0.581. The molecule has 2 aromatic rings. The molecule has 2 fully saturated rings. The number of aromatic nitrogens is 2. The van der Waals surface area contributed by atoms with Crippen molar-refractivity contribution in [2.24, 2.45) is 5.41 Å². The van der Waals surface area contributed by atoms with Gasteiger partial charge in [-0.2, -0.15) is 5.10 Å². The average Bonchev–Trinajstić information content (AvgIpc) is 3.22. The van der Waals surface area contributed by atoms with Gasteiger partial charge in [0, 0.05) is 18.7 Å². The van der Waals surface area contributed by atoms with Crippen molar-refractivity contribution < 1.29 is 0 Å². The Kier molecular flexibility index (Phi) is 3.57. The fourth-order valence-corrected chi connectivity index (χ4v) is 4.59. The quantitative estimate of drug-likeness (QED) is 0.916. The Labute approximate surface area is 129 Å². The molecule has 2 aliphatic rings. The van der Waals surface area contributed by atoms with Crippen LogP contribution in [0.15, 0.2) is 23.7 Å². The monoisotopic (exact) mass is 302 g/mol. The Hall–Kier alpha value is -1.17. The summed E-state index contributed by atoms with van der Waals surface area (Å²) in [5.41, 5.74) is 3.12. The summed E-state index contributed by atoms with van der Waals surface area (Å²) in [5, 5.41) is 13.1. The molecule has 0 aromatic carbocycles. The maximum absolute atomic E-state index is 4.27. The molecular weight excluding hydrogens is 280 g/mol. The predicted molar refractivity (Wildman–Crippen MR) is 86.3 cm³/mol. The highest BCUT2D eigenvalue weighted by Crippen LogP contribution is 2.39. The molecule has 112 valence electrons. The van der Waals surface area contributed by atoms with Crippen molar-refractivity contribution in [3.63, 3.8) is 0 Å². The van der Waals surface area contributed by atoms with Crippen molar-refractivity contribution in [3.8, 4) is 10.6 Å². The second-order valence-electron chi connectivity index (χ2n) is 6.46. The molecule has 0 bridgehead atoms. The lowest BCUT2D eigenvalue weighted by molar-refractivity contribution is 0.194. The van der Waals surface area contributed by atoms with Crippen LogP contribution in [0.25, 0.3) is 10.6 Å². The number of rotatable bonds is 3. The molecule has 0 unspecified atom stereocenters. The van der Waals surface area contributed by atoms with Gasteiger partial charge in [0.2, 0.25) is 0 Å². The normalized spacial score (nSPS) is 22.1. The predicted octanol–water partition coefficient (Wildman–Crippen LogP) is 2.71. The molecule has 0 aliphatic carbocycles. The Bertz CT molecular complexity index is 583. The number of likely N-dealkylation sites (tertiary alicyclic amines) is 1. The first-order chi connectivity index (χ1) is 10.3. The molecule has 4 nitrogen and oxygen atoms in total. The van der Waals surface area contributed by atoms with Gasteiger partial charge >= 0.3 is 0 Å². The van der Waals surface area contributed by atoms with Crippen LogP contribution in [-0.4, -0.2) is 41.3 Å². The van der Waals surface area contributed by atoms with Gasteiger partial charge in [0.1, 0.15) is 0 Å². The zero-order chi connectivity index (χ0) is 14.1. The van der Waals surface area contributed by atoms with Crippen LogP contribution < -0.4 is 5.32 Å². The molecule has 0 atom stereocenters. The molecule has 2 aliphatic heterocycles. The summed E-state index contributed by atoms with van der Waals surface area (Å²) in [6.45, 7) is 5.90. The fraction of sp³-hybridized carbons (Fsp3) is 0.562. The Morgan fingerprint density at radius 1 is 1.29 bits per heavy atom. The van der Waals surface area contributed by atoms with E-state index < -0.39 is 0 Å². The Balaban J connectivity index is 1.47. The first kappa shape index (κ1) is 13.5. The molecule has 21 heavy (non-hydrogen) atoms. The third-order valence-corrected chi connectivity index (χ3v) is 5.95. The summed E-state index contributed by atoms with van der Waals surface area (Å²) < 4.78 is 0. The lowest BCUT2D eigenvalue weighted by Crippen LogP contribution is -2.38. The van der Waals surface area contributed by atoms with Crippen molar-refractivity contribution in [1.82, 2.24) is 20.4 Å². The van der Waals surface area contributed by atoms with E-state index in [9.17, 15) is 0 Å². The number of aromatic amines is 1. The average molecular weight is 302 g/mol. The first-order valence-corrected chi connectivity index (χ1v) is 8.72. The zero-order valence-electron chi connectivity index (χ0n) is 12.3. The topological polar surface area (TPSA) is 44.0 Å². The van der Waals surface area contributed by atoms with Gasteiger partial charge in [-0.05, 0) is 55.8 Å². The van der Waals surface area contributed by atoms with Crippen LogP contribution in [0.1, 0.15) is 24.8 Å². The molecule has 5 heteroatoms. The highest BCUT2D eigenvalue weighted by atomic mass is 32.1. The molecule has 2 saturated heterocycles. The lowest BCUT2D eigenvalue weighted by atomic mass is 9.78. The minimum Gasteiger partial charge on any atom is -0.317 e. The zero-order valence-corrected chi connectivity index (χ0v) is 13.1. The van der Waals surface area contributed by atoms with Crippen LogP contribution >= 0.6 is 11.3 Å². The summed E-state index contributed by atoms with van der Waals surface area (Å²) in [5.74, 6) is 0. The summed E-state index contributed by atoms with van der Waals surface area (Å²) in [6, 6.07) is 4.27. The van der Waals surface area contributed by atoms with Crippen molar-refractivity contribution in [1.29, 1.82) is 0 Å². The van der Waals surface area contributed by atoms with Crippen molar-refractivity contribution in [2.45, 2.75) is 25.8 Å². The maximum Gasteiger partial charge on any atom is 0.0794 e. The smallest absolute Gasteiger partial charge is 0.0794 e. The third kappa shape index (κ3) is 2.65. The Morgan fingerprint density at radius 2 is 2.19 bits per heavy atom. The number of nitrogens with zero attached hydrogens (tertiary/aromatic N) is 2. The number of hydrogen-bond acceptors (Lipinski definition) is 4. The molecule has 2 N–H and O–H groups in total. The summed E-state index contributed by atoms with van der Waals surface area (Å²) in [7, 11) is 0. The Morgan fingerprint density at radius 3 is 3.00 bits per heavy atom. The van der Waals surface area contributed by atoms with E-state index >= 15 is 0 Å². The van der Waals surface area contributed by atoms with E-state index in [0.29, 0.717) is 5.41 Å². The molecule has 4 rings (SSSR count). The molecule has 0 radical (unpaired) electrons. The molecule has 4 heterocycles. The summed E-state index contributed by atoms with van der Waals surface area (Å²) >= 11 is 1.78. The SMILES string of the molecule is c1csc(-c2[nH]ncc2CN2CCC3(CCNCC3)C2)c1. The van der Waals surface area contributed by atoms with Gasteiger partial charge in [0.15, 0.2) is 0 Å². The molecule has 1 spiro atoms. The number of piperidine rings is 1. The second kappa shape index (κ2) is 5.55. The number of H-pyrrole nitrogens is 1. The largest absolute Gasteiger partial charge is 0.317 e. The maximum atomic E-state index is 4.27. The van der Waals surface area contributed by atoms with Gasteiger partial charge in [0.05, 0.1) is 16.8 Å². The van der Waals surface area contributed by atoms with Gasteiger partial charge in [-0.15, -0.1) is 11.3 Å². The number of thiophene rings is 1. The molecule has 0 amide bonds. The van der Waals surface area contributed by atoms with E-state index in [4.69, 9.17) is 0 Å². The van der Waals surface area contributed by atoms with E-state index in [1.165, 1.54) is 61.6 Å². The van der Waals surface area contributed by atoms with Crippen LogP contribution in [0.2, 0.25) is 0 Å². The van der Waals surface area contributed by atoms with Crippen molar-refractivity contribution >= 4 is 11.3 Å². The fourth-order valence-electron chi connectivity index (χ4n) is 3.83.